The molecule has 0 heterocycles. The molecule has 50 valence electrons. The molecule has 2 heteroatoms. The molecular weight excluding hydrogens is 183 g/mol. The molecule has 0 aromatic heterocycles. The van der Waals surface area contributed by atoms with Crippen molar-refractivity contribution in [3.8, 4) is 0 Å². The summed E-state index contributed by atoms with van der Waals surface area (Å²) >= 11 is 0. The molecule has 0 aliphatic carbocycles. The molecule has 0 spiro atoms. The summed E-state index contributed by atoms with van der Waals surface area (Å²) in [5, 5.41) is 0. The largest absolute Gasteiger partial charge is 0.246 e. The van der Waals surface area contributed by atoms with Gasteiger partial charge in [-0.25, -0.2) is 4.39 Å². The molecule has 0 N–H and O–H groups in total. The average Bonchev–Trinajstić information content (AvgIpc) is 1.90. The SMILES string of the molecule is Br.FCc1ccccc1. The van der Waals surface area contributed by atoms with Gasteiger partial charge in [0.25, 0.3) is 0 Å². The van der Waals surface area contributed by atoms with Crippen LogP contribution in [0.1, 0.15) is 5.56 Å². The van der Waals surface area contributed by atoms with E-state index in [1.807, 2.05) is 18.2 Å². The van der Waals surface area contributed by atoms with Gasteiger partial charge in [-0.3, -0.25) is 0 Å². The van der Waals surface area contributed by atoms with Crippen LogP contribution in [0.3, 0.4) is 0 Å². The molecule has 0 aliphatic heterocycles. The van der Waals surface area contributed by atoms with Crippen LogP contribution in [0.4, 0.5) is 4.39 Å². The molecule has 1 aromatic carbocycles. The van der Waals surface area contributed by atoms with E-state index in [2.05, 4.69) is 0 Å². The van der Waals surface area contributed by atoms with Crippen molar-refractivity contribution in [3.05, 3.63) is 35.9 Å². The maximum Gasteiger partial charge on any atom is 0.115 e. The molecule has 0 radical (unpaired) electrons. The Bertz CT molecular complexity index is 150. The van der Waals surface area contributed by atoms with Gasteiger partial charge in [-0.2, -0.15) is 0 Å². The third-order valence-corrected chi connectivity index (χ3v) is 0.997. The van der Waals surface area contributed by atoms with Crippen molar-refractivity contribution in [2.75, 3.05) is 0 Å². The summed E-state index contributed by atoms with van der Waals surface area (Å²) in [6, 6.07) is 9.06. The summed E-state index contributed by atoms with van der Waals surface area (Å²) in [6.45, 7) is -0.360. The molecule has 0 aliphatic rings. The summed E-state index contributed by atoms with van der Waals surface area (Å²) < 4.78 is 11.7. The topological polar surface area (TPSA) is 0 Å². The van der Waals surface area contributed by atoms with Crippen LogP contribution in [0.5, 0.6) is 0 Å². The highest BCUT2D eigenvalue weighted by molar-refractivity contribution is 8.93. The zero-order chi connectivity index (χ0) is 5.82. The van der Waals surface area contributed by atoms with Gasteiger partial charge in [-0.1, -0.05) is 30.3 Å². The number of halogens is 2. The Morgan fingerprint density at radius 1 is 1.11 bits per heavy atom. The van der Waals surface area contributed by atoms with E-state index >= 15 is 0 Å². The van der Waals surface area contributed by atoms with E-state index in [4.69, 9.17) is 0 Å². The fourth-order valence-corrected chi connectivity index (χ4v) is 0.567. The maximum absolute atomic E-state index is 11.7. The fraction of sp³-hybridized carbons (Fsp3) is 0.143. The third kappa shape index (κ3) is 2.61. The van der Waals surface area contributed by atoms with Crippen molar-refractivity contribution in [2.24, 2.45) is 0 Å². The summed E-state index contributed by atoms with van der Waals surface area (Å²) in [5.41, 5.74) is 0.743. The van der Waals surface area contributed by atoms with Gasteiger partial charge in [-0.15, -0.1) is 17.0 Å². The normalized spacial score (nSPS) is 8.11. The smallest absolute Gasteiger partial charge is 0.115 e. The van der Waals surface area contributed by atoms with Crippen molar-refractivity contribution in [1.29, 1.82) is 0 Å². The molecule has 0 nitrogen and oxygen atoms in total. The zero-order valence-corrected chi connectivity index (χ0v) is 6.59. The lowest BCUT2D eigenvalue weighted by Crippen LogP contribution is -1.72. The van der Waals surface area contributed by atoms with Gasteiger partial charge in [0.15, 0.2) is 0 Å². The molecule has 0 amide bonds. The Morgan fingerprint density at radius 2 is 1.67 bits per heavy atom. The number of benzene rings is 1. The third-order valence-electron chi connectivity index (χ3n) is 0.997. The van der Waals surface area contributed by atoms with Crippen molar-refractivity contribution in [2.45, 2.75) is 6.67 Å². The fourth-order valence-electron chi connectivity index (χ4n) is 0.567. The molecule has 0 saturated carbocycles. The van der Waals surface area contributed by atoms with E-state index in [1.165, 1.54) is 0 Å². The lowest BCUT2D eigenvalue weighted by atomic mass is 10.2. The van der Waals surface area contributed by atoms with Gasteiger partial charge in [0.2, 0.25) is 0 Å². The van der Waals surface area contributed by atoms with Crippen molar-refractivity contribution >= 4 is 17.0 Å². The summed E-state index contributed by atoms with van der Waals surface area (Å²) in [4.78, 5) is 0. The van der Waals surface area contributed by atoms with Gasteiger partial charge in [0.05, 0.1) is 0 Å². The Kier molecular flexibility index (Phi) is 4.32. The van der Waals surface area contributed by atoms with Crippen molar-refractivity contribution in [1.82, 2.24) is 0 Å². The number of hydrogen-bond acceptors (Lipinski definition) is 0. The van der Waals surface area contributed by atoms with Crippen LogP contribution in [0.2, 0.25) is 0 Å². The zero-order valence-electron chi connectivity index (χ0n) is 4.88. The number of hydrogen-bond donors (Lipinski definition) is 0. The summed E-state index contributed by atoms with van der Waals surface area (Å²) in [5.74, 6) is 0. The average molecular weight is 191 g/mol. The highest BCUT2D eigenvalue weighted by atomic mass is 79.9. The Balaban J connectivity index is 0.000000640. The molecule has 0 bridgehead atoms. The van der Waals surface area contributed by atoms with E-state index in [0.29, 0.717) is 0 Å². The van der Waals surface area contributed by atoms with Crippen LogP contribution in [0.15, 0.2) is 30.3 Å². The molecule has 1 rings (SSSR count). The highest BCUT2D eigenvalue weighted by Crippen LogP contribution is 1.98. The first kappa shape index (κ1) is 8.63. The van der Waals surface area contributed by atoms with Gasteiger partial charge < -0.3 is 0 Å². The van der Waals surface area contributed by atoms with Gasteiger partial charge in [0.1, 0.15) is 6.67 Å². The molecule has 9 heavy (non-hydrogen) atoms. The molecule has 1 aromatic rings. The Labute approximate surface area is 64.5 Å². The molecular formula is C7H8BrF. The first-order valence-corrected chi connectivity index (χ1v) is 2.53. The van der Waals surface area contributed by atoms with Gasteiger partial charge >= 0.3 is 0 Å². The second-order valence-electron chi connectivity index (χ2n) is 1.62. The predicted octanol–water partition coefficient (Wildman–Crippen LogP) is 2.73. The van der Waals surface area contributed by atoms with Crippen LogP contribution in [0.25, 0.3) is 0 Å². The molecule has 0 unspecified atom stereocenters. The van der Waals surface area contributed by atoms with Crippen LogP contribution in [-0.4, -0.2) is 0 Å². The first-order chi connectivity index (χ1) is 3.93. The van der Waals surface area contributed by atoms with Crippen LogP contribution < -0.4 is 0 Å². The standard InChI is InChI=1S/C7H7F.BrH/c8-6-7-4-2-1-3-5-7;/h1-5H,6H2;1H. The quantitative estimate of drug-likeness (QED) is 0.640. The van der Waals surface area contributed by atoms with Crippen molar-refractivity contribution < 1.29 is 4.39 Å². The lowest BCUT2D eigenvalue weighted by Gasteiger charge is -1.87. The second kappa shape index (κ2) is 4.50. The molecule has 0 fully saturated rings. The van der Waals surface area contributed by atoms with E-state index in [0.717, 1.165) is 5.56 Å². The molecule has 0 atom stereocenters. The minimum absolute atomic E-state index is 0. The first-order valence-electron chi connectivity index (χ1n) is 2.53. The Morgan fingerprint density at radius 3 is 2.00 bits per heavy atom. The van der Waals surface area contributed by atoms with Gasteiger partial charge in [0, 0.05) is 0 Å². The minimum Gasteiger partial charge on any atom is -0.246 e. The number of alkyl halides is 1. The minimum atomic E-state index is -0.360. The van der Waals surface area contributed by atoms with E-state index in [-0.39, 0.29) is 23.7 Å². The van der Waals surface area contributed by atoms with Crippen LogP contribution in [-0.2, 0) is 6.67 Å². The van der Waals surface area contributed by atoms with E-state index < -0.39 is 0 Å². The maximum atomic E-state index is 11.7. The van der Waals surface area contributed by atoms with Gasteiger partial charge in [-0.05, 0) is 5.56 Å². The molecule has 0 saturated heterocycles. The highest BCUT2D eigenvalue weighted by Gasteiger charge is 1.82. The lowest BCUT2D eigenvalue weighted by molar-refractivity contribution is 0.485. The van der Waals surface area contributed by atoms with Crippen LogP contribution in [0, 0.1) is 0 Å². The van der Waals surface area contributed by atoms with E-state index in [9.17, 15) is 4.39 Å². The second-order valence-corrected chi connectivity index (χ2v) is 1.62. The van der Waals surface area contributed by atoms with Crippen molar-refractivity contribution in [3.63, 3.8) is 0 Å². The summed E-state index contributed by atoms with van der Waals surface area (Å²) in [7, 11) is 0. The Hall–Kier alpha value is -0.370. The van der Waals surface area contributed by atoms with Crippen LogP contribution >= 0.6 is 17.0 Å². The monoisotopic (exact) mass is 190 g/mol. The van der Waals surface area contributed by atoms with E-state index in [1.54, 1.807) is 12.1 Å². The summed E-state index contributed by atoms with van der Waals surface area (Å²) in [6.07, 6.45) is 0. The predicted molar refractivity (Wildman–Crippen MR) is 41.6 cm³/mol. The number of rotatable bonds is 1.